The molecule has 1 aromatic heterocycles. The smallest absolute Gasteiger partial charge is 0.274 e. The van der Waals surface area contributed by atoms with Crippen LogP contribution in [0.3, 0.4) is 0 Å². The van der Waals surface area contributed by atoms with Crippen LogP contribution in [0.1, 0.15) is 33.0 Å². The third kappa shape index (κ3) is 4.85. The average molecular weight is 376 g/mol. The molecule has 0 aliphatic rings. The average Bonchev–Trinajstić information content (AvgIpc) is 2.69. The number of hydrogen-bond donors (Lipinski definition) is 2. The van der Waals surface area contributed by atoms with E-state index in [9.17, 15) is 4.79 Å². The Labute approximate surface area is 165 Å². The van der Waals surface area contributed by atoms with Crippen LogP contribution in [-0.2, 0) is 6.54 Å². The van der Waals surface area contributed by atoms with Crippen LogP contribution in [-0.4, -0.2) is 23.0 Å². The fourth-order valence-electron chi connectivity index (χ4n) is 2.72. The summed E-state index contributed by atoms with van der Waals surface area (Å²) in [5.41, 5.74) is 4.46. The summed E-state index contributed by atoms with van der Waals surface area (Å²) in [6.45, 7) is 6.40. The van der Waals surface area contributed by atoms with Gasteiger partial charge in [-0.05, 0) is 61.7 Å². The fraction of sp³-hybridized carbons (Fsp3) is 0.227. The van der Waals surface area contributed by atoms with E-state index < -0.39 is 0 Å². The highest BCUT2D eigenvalue weighted by molar-refractivity contribution is 6.03. The number of rotatable bonds is 6. The summed E-state index contributed by atoms with van der Waals surface area (Å²) in [5.74, 6) is 1.69. The minimum absolute atomic E-state index is 0.263. The van der Waals surface area contributed by atoms with Crippen LogP contribution in [0, 0.1) is 20.8 Å². The van der Waals surface area contributed by atoms with Crippen molar-refractivity contribution in [1.29, 1.82) is 0 Å². The number of nitrogens with zero attached hydrogens (tertiary/aromatic N) is 2. The fourth-order valence-corrected chi connectivity index (χ4v) is 2.72. The van der Waals surface area contributed by atoms with Gasteiger partial charge in [-0.25, -0.2) is 9.97 Å². The molecule has 0 bridgehead atoms. The van der Waals surface area contributed by atoms with Crippen molar-refractivity contribution in [1.82, 2.24) is 9.97 Å². The number of amides is 1. The van der Waals surface area contributed by atoms with E-state index in [1.807, 2.05) is 56.3 Å². The molecular formula is C22H24N4O2. The van der Waals surface area contributed by atoms with Gasteiger partial charge in [-0.2, -0.15) is 0 Å². The van der Waals surface area contributed by atoms with Crippen LogP contribution in [0.25, 0.3) is 0 Å². The van der Waals surface area contributed by atoms with Crippen LogP contribution >= 0.6 is 0 Å². The molecule has 2 N–H and O–H groups in total. The van der Waals surface area contributed by atoms with Gasteiger partial charge in [-0.1, -0.05) is 18.2 Å². The summed E-state index contributed by atoms with van der Waals surface area (Å²) in [7, 11) is 1.64. The summed E-state index contributed by atoms with van der Waals surface area (Å²) < 4.78 is 5.17. The molecule has 0 unspecified atom stereocenters. The van der Waals surface area contributed by atoms with Gasteiger partial charge < -0.3 is 15.4 Å². The van der Waals surface area contributed by atoms with E-state index in [1.165, 1.54) is 5.56 Å². The quantitative estimate of drug-likeness (QED) is 0.672. The summed E-state index contributed by atoms with van der Waals surface area (Å²) in [6.07, 6.45) is 0. The molecule has 3 rings (SSSR count). The van der Waals surface area contributed by atoms with Gasteiger partial charge in [-0.3, -0.25) is 4.79 Å². The molecule has 0 saturated heterocycles. The predicted molar refractivity (Wildman–Crippen MR) is 111 cm³/mol. The SMILES string of the molecule is COc1ccc(CNc2cc(C(=O)Nc3ccc(C)c(C)c3)nc(C)n2)cc1. The molecule has 3 aromatic rings. The first-order valence-corrected chi connectivity index (χ1v) is 9.05. The number of hydrogen-bond acceptors (Lipinski definition) is 5. The molecule has 0 atom stereocenters. The van der Waals surface area contributed by atoms with E-state index >= 15 is 0 Å². The maximum absolute atomic E-state index is 12.6. The monoisotopic (exact) mass is 376 g/mol. The van der Waals surface area contributed by atoms with Crippen LogP contribution in [0.15, 0.2) is 48.5 Å². The summed E-state index contributed by atoms with van der Waals surface area (Å²) in [4.78, 5) is 21.3. The van der Waals surface area contributed by atoms with Gasteiger partial charge in [0.15, 0.2) is 0 Å². The van der Waals surface area contributed by atoms with E-state index in [0.29, 0.717) is 23.9 Å². The molecular weight excluding hydrogens is 352 g/mol. The number of carbonyl (C=O) groups is 1. The standard InChI is InChI=1S/C22H24N4O2/c1-14-5-8-18(11-15(14)2)26-22(27)20-12-21(25-16(3)24-20)23-13-17-6-9-19(28-4)10-7-17/h5-12H,13H2,1-4H3,(H,26,27)(H,23,24,25). The second kappa shape index (κ2) is 8.52. The zero-order chi connectivity index (χ0) is 20.1. The van der Waals surface area contributed by atoms with Crippen molar-refractivity contribution >= 4 is 17.4 Å². The van der Waals surface area contributed by atoms with Gasteiger partial charge in [0, 0.05) is 18.3 Å². The van der Waals surface area contributed by atoms with Crippen LogP contribution in [0.5, 0.6) is 5.75 Å². The third-order valence-electron chi connectivity index (χ3n) is 4.47. The van der Waals surface area contributed by atoms with Crippen molar-refractivity contribution in [3.63, 3.8) is 0 Å². The molecule has 1 heterocycles. The number of methoxy groups -OCH3 is 1. The maximum atomic E-state index is 12.6. The first kappa shape index (κ1) is 19.4. The largest absolute Gasteiger partial charge is 0.497 e. The Kier molecular flexibility index (Phi) is 5.89. The van der Waals surface area contributed by atoms with Crippen molar-refractivity contribution in [2.75, 3.05) is 17.7 Å². The number of nitrogens with one attached hydrogen (secondary N) is 2. The van der Waals surface area contributed by atoms with Crippen molar-refractivity contribution in [3.8, 4) is 5.75 Å². The van der Waals surface area contributed by atoms with Crippen LogP contribution in [0.2, 0.25) is 0 Å². The normalized spacial score (nSPS) is 10.4. The first-order valence-electron chi connectivity index (χ1n) is 9.05. The zero-order valence-electron chi connectivity index (χ0n) is 16.5. The summed E-state index contributed by atoms with van der Waals surface area (Å²) in [6, 6.07) is 15.3. The lowest BCUT2D eigenvalue weighted by molar-refractivity contribution is 0.102. The van der Waals surface area contributed by atoms with Crippen molar-refractivity contribution in [2.24, 2.45) is 0 Å². The molecule has 1 amide bonds. The minimum Gasteiger partial charge on any atom is -0.497 e. The lowest BCUT2D eigenvalue weighted by atomic mass is 10.1. The van der Waals surface area contributed by atoms with E-state index in [4.69, 9.17) is 4.74 Å². The number of carbonyl (C=O) groups excluding carboxylic acids is 1. The van der Waals surface area contributed by atoms with Crippen molar-refractivity contribution < 1.29 is 9.53 Å². The molecule has 6 nitrogen and oxygen atoms in total. The van der Waals surface area contributed by atoms with Crippen molar-refractivity contribution in [2.45, 2.75) is 27.3 Å². The Bertz CT molecular complexity index is 984. The summed E-state index contributed by atoms with van der Waals surface area (Å²) >= 11 is 0. The topological polar surface area (TPSA) is 76.1 Å². The Morgan fingerprint density at radius 1 is 0.964 bits per heavy atom. The molecule has 144 valence electrons. The third-order valence-corrected chi connectivity index (χ3v) is 4.47. The highest BCUT2D eigenvalue weighted by Crippen LogP contribution is 2.17. The van der Waals surface area contributed by atoms with Gasteiger partial charge >= 0.3 is 0 Å². The first-order chi connectivity index (χ1) is 13.4. The Hall–Kier alpha value is -3.41. The molecule has 28 heavy (non-hydrogen) atoms. The number of anilines is 2. The van der Waals surface area contributed by atoms with Gasteiger partial charge in [0.05, 0.1) is 7.11 Å². The van der Waals surface area contributed by atoms with Crippen LogP contribution < -0.4 is 15.4 Å². The molecule has 0 fully saturated rings. The van der Waals surface area contributed by atoms with Gasteiger partial charge in [0.2, 0.25) is 0 Å². The number of benzene rings is 2. The highest BCUT2D eigenvalue weighted by atomic mass is 16.5. The second-order valence-electron chi connectivity index (χ2n) is 6.64. The van der Waals surface area contributed by atoms with Gasteiger partial charge in [0.25, 0.3) is 5.91 Å². The number of aryl methyl sites for hydroxylation is 3. The number of ether oxygens (including phenoxy) is 1. The highest BCUT2D eigenvalue weighted by Gasteiger charge is 2.11. The lowest BCUT2D eigenvalue weighted by Crippen LogP contribution is -2.16. The van der Waals surface area contributed by atoms with Gasteiger partial charge in [-0.15, -0.1) is 0 Å². The molecule has 6 heteroatoms. The van der Waals surface area contributed by atoms with E-state index in [1.54, 1.807) is 20.1 Å². The van der Waals surface area contributed by atoms with Crippen molar-refractivity contribution in [3.05, 3.63) is 76.7 Å². The predicted octanol–water partition coefficient (Wildman–Crippen LogP) is 4.27. The van der Waals surface area contributed by atoms with E-state index in [2.05, 4.69) is 20.6 Å². The molecule has 0 spiro atoms. The maximum Gasteiger partial charge on any atom is 0.274 e. The number of aromatic nitrogens is 2. The molecule has 0 radical (unpaired) electrons. The lowest BCUT2D eigenvalue weighted by Gasteiger charge is -2.10. The minimum atomic E-state index is -0.263. The molecule has 0 saturated carbocycles. The second-order valence-corrected chi connectivity index (χ2v) is 6.64. The molecule has 0 aliphatic carbocycles. The zero-order valence-corrected chi connectivity index (χ0v) is 16.5. The molecule has 0 aliphatic heterocycles. The van der Waals surface area contributed by atoms with Crippen LogP contribution in [0.4, 0.5) is 11.5 Å². The Morgan fingerprint density at radius 3 is 2.39 bits per heavy atom. The van der Waals surface area contributed by atoms with Gasteiger partial charge in [0.1, 0.15) is 23.1 Å². The van der Waals surface area contributed by atoms with E-state index in [-0.39, 0.29) is 5.91 Å². The Balaban J connectivity index is 1.70. The Morgan fingerprint density at radius 2 is 1.71 bits per heavy atom. The van der Waals surface area contributed by atoms with E-state index in [0.717, 1.165) is 22.6 Å². The summed E-state index contributed by atoms with van der Waals surface area (Å²) in [5, 5.41) is 6.14. The molecule has 2 aromatic carbocycles.